The van der Waals surface area contributed by atoms with Gasteiger partial charge in [0.2, 0.25) is 5.95 Å². The minimum atomic E-state index is -2.73. The van der Waals surface area contributed by atoms with Crippen LogP contribution in [0.25, 0.3) is 16.9 Å². The number of benzene rings is 1. The molecule has 2 aliphatic rings. The monoisotopic (exact) mass is 456 g/mol. The van der Waals surface area contributed by atoms with Gasteiger partial charge in [-0.15, -0.1) is 0 Å². The lowest BCUT2D eigenvalue weighted by atomic mass is 9.89. The molecule has 0 amide bonds. The zero-order chi connectivity index (χ0) is 22.8. The molecular formula is C24H30F2N6O. The Bertz CT molecular complexity index is 1100. The SMILES string of the molecule is CC1COCCN1c1cc(-n2c(C(F)F)nc3ccccc32)nc(NCC2CCCCC2)n1. The van der Waals surface area contributed by atoms with Crippen LogP contribution in [0.2, 0.25) is 0 Å². The molecule has 1 saturated heterocycles. The van der Waals surface area contributed by atoms with E-state index in [0.717, 1.165) is 6.54 Å². The van der Waals surface area contributed by atoms with Crippen LogP contribution in [-0.2, 0) is 4.74 Å². The highest BCUT2D eigenvalue weighted by molar-refractivity contribution is 5.78. The summed E-state index contributed by atoms with van der Waals surface area (Å²) in [4.78, 5) is 15.8. The number of alkyl halides is 2. The van der Waals surface area contributed by atoms with Gasteiger partial charge in [-0.25, -0.2) is 13.8 Å². The van der Waals surface area contributed by atoms with E-state index in [2.05, 4.69) is 27.1 Å². The number of morpholine rings is 1. The maximum Gasteiger partial charge on any atom is 0.296 e. The number of nitrogens with zero attached hydrogens (tertiary/aromatic N) is 5. The molecule has 1 aliphatic carbocycles. The Balaban J connectivity index is 1.57. The molecule has 1 aromatic carbocycles. The number of imidazole rings is 1. The predicted molar refractivity (Wildman–Crippen MR) is 124 cm³/mol. The summed E-state index contributed by atoms with van der Waals surface area (Å²) in [6.07, 6.45) is 3.47. The van der Waals surface area contributed by atoms with Gasteiger partial charge >= 0.3 is 0 Å². The fraction of sp³-hybridized carbons (Fsp3) is 0.542. The topological polar surface area (TPSA) is 68.1 Å². The van der Waals surface area contributed by atoms with E-state index >= 15 is 0 Å². The lowest BCUT2D eigenvalue weighted by Crippen LogP contribution is -2.44. The number of aromatic nitrogens is 4. The molecule has 0 radical (unpaired) electrons. The number of hydrogen-bond donors (Lipinski definition) is 1. The van der Waals surface area contributed by atoms with Crippen molar-refractivity contribution in [2.75, 3.05) is 36.5 Å². The Morgan fingerprint density at radius 3 is 2.67 bits per heavy atom. The first-order valence-electron chi connectivity index (χ1n) is 11.8. The average molecular weight is 457 g/mol. The lowest BCUT2D eigenvalue weighted by Gasteiger charge is -2.34. The molecule has 1 atom stereocenters. The highest BCUT2D eigenvalue weighted by Gasteiger charge is 2.25. The molecule has 3 aromatic rings. The molecule has 1 N–H and O–H groups in total. The van der Waals surface area contributed by atoms with E-state index in [-0.39, 0.29) is 11.9 Å². The third kappa shape index (κ3) is 4.64. The van der Waals surface area contributed by atoms with Gasteiger partial charge in [0.15, 0.2) is 5.82 Å². The third-order valence-corrected chi connectivity index (χ3v) is 6.65. The van der Waals surface area contributed by atoms with Crippen molar-refractivity contribution in [2.45, 2.75) is 51.5 Å². The molecular weight excluding hydrogens is 426 g/mol. The minimum Gasteiger partial charge on any atom is -0.377 e. The molecule has 5 rings (SSSR count). The summed E-state index contributed by atoms with van der Waals surface area (Å²) in [5.41, 5.74) is 1.12. The first-order chi connectivity index (χ1) is 16.1. The van der Waals surface area contributed by atoms with Crippen LogP contribution in [0.15, 0.2) is 30.3 Å². The molecule has 1 saturated carbocycles. The maximum atomic E-state index is 14.0. The predicted octanol–water partition coefficient (Wildman–Crippen LogP) is 4.97. The van der Waals surface area contributed by atoms with Crippen LogP contribution in [0, 0.1) is 5.92 Å². The second-order valence-corrected chi connectivity index (χ2v) is 9.01. The second kappa shape index (κ2) is 9.59. The smallest absolute Gasteiger partial charge is 0.296 e. The summed E-state index contributed by atoms with van der Waals surface area (Å²) in [6.45, 7) is 4.75. The maximum absolute atomic E-state index is 14.0. The van der Waals surface area contributed by atoms with E-state index in [4.69, 9.17) is 9.72 Å². The Kier molecular flexibility index (Phi) is 6.39. The highest BCUT2D eigenvalue weighted by atomic mass is 19.3. The number of anilines is 2. The number of rotatable bonds is 6. The van der Waals surface area contributed by atoms with Crippen LogP contribution in [0.5, 0.6) is 0 Å². The number of para-hydroxylation sites is 2. The fourth-order valence-corrected chi connectivity index (χ4v) is 4.89. The number of halogens is 2. The van der Waals surface area contributed by atoms with Crippen molar-refractivity contribution < 1.29 is 13.5 Å². The molecule has 9 heteroatoms. The van der Waals surface area contributed by atoms with E-state index < -0.39 is 6.43 Å². The average Bonchev–Trinajstić information content (AvgIpc) is 3.24. The van der Waals surface area contributed by atoms with E-state index in [0.29, 0.717) is 54.3 Å². The van der Waals surface area contributed by atoms with Gasteiger partial charge in [0.05, 0.1) is 30.3 Å². The van der Waals surface area contributed by atoms with Gasteiger partial charge < -0.3 is 15.0 Å². The number of nitrogens with one attached hydrogen (secondary N) is 1. The fourth-order valence-electron chi connectivity index (χ4n) is 4.89. The van der Waals surface area contributed by atoms with Gasteiger partial charge in [0.1, 0.15) is 11.6 Å². The summed E-state index contributed by atoms with van der Waals surface area (Å²) in [7, 11) is 0. The van der Waals surface area contributed by atoms with E-state index in [1.54, 1.807) is 24.3 Å². The molecule has 2 aromatic heterocycles. The van der Waals surface area contributed by atoms with Gasteiger partial charge in [-0.05, 0) is 37.8 Å². The molecule has 7 nitrogen and oxygen atoms in total. The van der Waals surface area contributed by atoms with Crippen molar-refractivity contribution in [2.24, 2.45) is 5.92 Å². The Morgan fingerprint density at radius 2 is 1.88 bits per heavy atom. The standard InChI is InChI=1S/C24H30F2N6O/c1-16-15-33-12-11-31(16)20-13-21(30-24(29-20)27-14-17-7-3-2-4-8-17)32-19-10-6-5-9-18(19)28-23(32)22(25)26/h5-6,9-10,13,16-17,22H,2-4,7-8,11-12,14-15H2,1H3,(H,27,29,30). The number of fused-ring (bicyclic) bond motifs is 1. The van der Waals surface area contributed by atoms with Crippen LogP contribution in [0.1, 0.15) is 51.3 Å². The first kappa shape index (κ1) is 22.0. The van der Waals surface area contributed by atoms with Crippen LogP contribution in [0.3, 0.4) is 0 Å². The van der Waals surface area contributed by atoms with Crippen LogP contribution in [0.4, 0.5) is 20.5 Å². The Hall–Kier alpha value is -2.81. The van der Waals surface area contributed by atoms with Gasteiger partial charge in [-0.3, -0.25) is 4.57 Å². The highest BCUT2D eigenvalue weighted by Crippen LogP contribution is 2.30. The summed E-state index contributed by atoms with van der Waals surface area (Å²) < 4.78 is 35.0. The normalized spacial score (nSPS) is 20.0. The molecule has 3 heterocycles. The lowest BCUT2D eigenvalue weighted by molar-refractivity contribution is 0.0985. The summed E-state index contributed by atoms with van der Waals surface area (Å²) in [6, 6.07) is 9.07. The van der Waals surface area contributed by atoms with Crippen molar-refractivity contribution in [3.8, 4) is 5.82 Å². The van der Waals surface area contributed by atoms with Crippen LogP contribution in [-0.4, -0.2) is 51.9 Å². The zero-order valence-electron chi connectivity index (χ0n) is 18.9. The third-order valence-electron chi connectivity index (χ3n) is 6.65. The first-order valence-corrected chi connectivity index (χ1v) is 11.8. The molecule has 1 unspecified atom stereocenters. The van der Waals surface area contributed by atoms with E-state index in [9.17, 15) is 8.78 Å². The summed E-state index contributed by atoms with van der Waals surface area (Å²) >= 11 is 0. The van der Waals surface area contributed by atoms with Gasteiger partial charge in [0.25, 0.3) is 6.43 Å². The summed E-state index contributed by atoms with van der Waals surface area (Å²) in [5, 5.41) is 3.41. The van der Waals surface area contributed by atoms with Gasteiger partial charge in [-0.1, -0.05) is 31.4 Å². The van der Waals surface area contributed by atoms with Crippen LogP contribution >= 0.6 is 0 Å². The van der Waals surface area contributed by atoms with Crippen molar-refractivity contribution in [1.82, 2.24) is 19.5 Å². The van der Waals surface area contributed by atoms with Gasteiger partial charge in [0, 0.05) is 19.2 Å². The zero-order valence-corrected chi connectivity index (χ0v) is 18.9. The quantitative estimate of drug-likeness (QED) is 0.565. The molecule has 0 bridgehead atoms. The molecule has 2 fully saturated rings. The van der Waals surface area contributed by atoms with Crippen molar-refractivity contribution in [3.05, 3.63) is 36.2 Å². The molecule has 1 aliphatic heterocycles. The summed E-state index contributed by atoms with van der Waals surface area (Å²) in [5.74, 6) is 1.84. The molecule has 0 spiro atoms. The number of ether oxygens (including phenoxy) is 1. The Morgan fingerprint density at radius 1 is 1.09 bits per heavy atom. The van der Waals surface area contributed by atoms with Crippen molar-refractivity contribution in [1.29, 1.82) is 0 Å². The number of hydrogen-bond acceptors (Lipinski definition) is 6. The second-order valence-electron chi connectivity index (χ2n) is 9.01. The van der Waals surface area contributed by atoms with Crippen molar-refractivity contribution >= 4 is 22.8 Å². The molecule has 33 heavy (non-hydrogen) atoms. The molecule has 176 valence electrons. The van der Waals surface area contributed by atoms with E-state index in [1.807, 2.05) is 6.07 Å². The van der Waals surface area contributed by atoms with Gasteiger partial charge in [-0.2, -0.15) is 9.97 Å². The van der Waals surface area contributed by atoms with Crippen molar-refractivity contribution in [3.63, 3.8) is 0 Å². The largest absolute Gasteiger partial charge is 0.377 e. The minimum absolute atomic E-state index is 0.127. The Labute approximate surface area is 192 Å². The van der Waals surface area contributed by atoms with E-state index in [1.165, 1.54) is 36.7 Å². The van der Waals surface area contributed by atoms with Crippen LogP contribution < -0.4 is 10.2 Å².